The van der Waals surface area contributed by atoms with E-state index in [1.165, 1.54) is 5.56 Å². The van der Waals surface area contributed by atoms with Crippen molar-refractivity contribution in [1.82, 2.24) is 15.2 Å². The van der Waals surface area contributed by atoms with Gasteiger partial charge >= 0.3 is 0 Å². The van der Waals surface area contributed by atoms with E-state index in [1.54, 1.807) is 0 Å². The molecule has 0 amide bonds. The Labute approximate surface area is 83.6 Å². The van der Waals surface area contributed by atoms with E-state index in [4.69, 9.17) is 0 Å². The lowest BCUT2D eigenvalue weighted by molar-refractivity contribution is 0.411. The fourth-order valence-corrected chi connectivity index (χ4v) is 1.59. The maximum atomic E-state index is 4.31. The zero-order valence-electron chi connectivity index (χ0n) is 8.83. The number of rotatable bonds is 1. The van der Waals surface area contributed by atoms with Gasteiger partial charge in [0, 0.05) is 11.6 Å². The van der Waals surface area contributed by atoms with E-state index in [2.05, 4.69) is 42.0 Å². The van der Waals surface area contributed by atoms with Crippen molar-refractivity contribution in [3.05, 3.63) is 24.0 Å². The van der Waals surface area contributed by atoms with Crippen LogP contribution in [0.15, 0.2) is 18.5 Å². The number of nitrogens with zero attached hydrogens (tertiary/aromatic N) is 2. The number of nitrogens with one attached hydrogen (secondary N) is 1. The fourth-order valence-electron chi connectivity index (χ4n) is 1.59. The van der Waals surface area contributed by atoms with Crippen LogP contribution in [-0.4, -0.2) is 15.2 Å². The predicted octanol–water partition coefficient (Wildman–Crippen LogP) is 2.55. The van der Waals surface area contributed by atoms with E-state index in [0.717, 1.165) is 17.5 Å². The molecule has 0 aliphatic rings. The number of aromatic amines is 1. The number of hydrogen-bond acceptors (Lipinski definition) is 2. The summed E-state index contributed by atoms with van der Waals surface area (Å²) in [6, 6.07) is 2.15. The maximum Gasteiger partial charge on any atom is 0.155 e. The van der Waals surface area contributed by atoms with Crippen LogP contribution in [0.25, 0.3) is 11.0 Å². The molecule has 0 saturated heterocycles. The van der Waals surface area contributed by atoms with E-state index in [0.29, 0.717) is 5.41 Å². The Bertz CT molecular complexity index is 437. The maximum absolute atomic E-state index is 4.31. The smallest absolute Gasteiger partial charge is 0.155 e. The minimum atomic E-state index is 0.305. The second-order valence-electron chi connectivity index (χ2n) is 4.89. The van der Waals surface area contributed by atoms with E-state index in [9.17, 15) is 0 Å². The number of hydrogen-bond donors (Lipinski definition) is 1. The van der Waals surface area contributed by atoms with Crippen molar-refractivity contribution in [3.63, 3.8) is 0 Å². The molecule has 0 aliphatic heterocycles. The molecular weight excluding hydrogens is 174 g/mol. The summed E-state index contributed by atoms with van der Waals surface area (Å²) in [6.45, 7) is 6.69. The Hall–Kier alpha value is -1.38. The summed E-state index contributed by atoms with van der Waals surface area (Å²) in [4.78, 5) is 4.31. The highest BCUT2D eigenvalue weighted by Gasteiger charge is 2.11. The van der Waals surface area contributed by atoms with Crippen LogP contribution in [0.5, 0.6) is 0 Å². The van der Waals surface area contributed by atoms with Gasteiger partial charge in [0.2, 0.25) is 0 Å². The Morgan fingerprint density at radius 2 is 2.07 bits per heavy atom. The van der Waals surface area contributed by atoms with E-state index >= 15 is 0 Å². The minimum Gasteiger partial charge on any atom is -0.261 e. The zero-order chi connectivity index (χ0) is 10.2. The molecule has 3 heteroatoms. The molecule has 0 unspecified atom stereocenters. The minimum absolute atomic E-state index is 0.305. The van der Waals surface area contributed by atoms with Gasteiger partial charge in [-0.15, -0.1) is 0 Å². The highest BCUT2D eigenvalue weighted by molar-refractivity contribution is 5.73. The normalized spacial score (nSPS) is 12.2. The van der Waals surface area contributed by atoms with Gasteiger partial charge in [0.15, 0.2) is 5.65 Å². The lowest BCUT2D eigenvalue weighted by Crippen LogP contribution is -2.09. The zero-order valence-corrected chi connectivity index (χ0v) is 8.83. The first-order valence-corrected chi connectivity index (χ1v) is 4.83. The number of aromatic nitrogens is 3. The van der Waals surface area contributed by atoms with Gasteiger partial charge in [-0.25, -0.2) is 4.98 Å². The van der Waals surface area contributed by atoms with Crippen LogP contribution in [0.3, 0.4) is 0 Å². The quantitative estimate of drug-likeness (QED) is 0.749. The summed E-state index contributed by atoms with van der Waals surface area (Å²) < 4.78 is 0. The van der Waals surface area contributed by atoms with Crippen molar-refractivity contribution >= 4 is 11.0 Å². The van der Waals surface area contributed by atoms with Crippen LogP contribution < -0.4 is 0 Å². The molecular formula is C11H15N3. The average molecular weight is 189 g/mol. The summed E-state index contributed by atoms with van der Waals surface area (Å²) in [5.74, 6) is 0. The molecule has 0 atom stereocenters. The summed E-state index contributed by atoms with van der Waals surface area (Å²) in [5.41, 5.74) is 2.44. The highest BCUT2D eigenvalue weighted by atomic mass is 15.1. The molecule has 74 valence electrons. The Balaban J connectivity index is 2.35. The molecule has 3 nitrogen and oxygen atoms in total. The fraction of sp³-hybridized carbons (Fsp3) is 0.455. The second kappa shape index (κ2) is 3.08. The van der Waals surface area contributed by atoms with Crippen LogP contribution in [0.2, 0.25) is 0 Å². The molecule has 0 aromatic carbocycles. The highest BCUT2D eigenvalue weighted by Crippen LogP contribution is 2.21. The van der Waals surface area contributed by atoms with Crippen LogP contribution >= 0.6 is 0 Å². The van der Waals surface area contributed by atoms with Gasteiger partial charge in [-0.2, -0.15) is 5.10 Å². The first-order chi connectivity index (χ1) is 6.54. The van der Waals surface area contributed by atoms with Crippen LogP contribution in [0.4, 0.5) is 0 Å². The Morgan fingerprint density at radius 3 is 2.79 bits per heavy atom. The molecule has 2 aromatic rings. The van der Waals surface area contributed by atoms with Gasteiger partial charge in [0.1, 0.15) is 0 Å². The summed E-state index contributed by atoms with van der Waals surface area (Å²) in [7, 11) is 0. The average Bonchev–Trinajstić information content (AvgIpc) is 2.47. The topological polar surface area (TPSA) is 41.6 Å². The van der Waals surface area contributed by atoms with Crippen LogP contribution in [0, 0.1) is 5.41 Å². The third-order valence-electron chi connectivity index (χ3n) is 2.08. The largest absolute Gasteiger partial charge is 0.261 e. The van der Waals surface area contributed by atoms with Gasteiger partial charge in [-0.3, -0.25) is 5.10 Å². The Morgan fingerprint density at radius 1 is 1.29 bits per heavy atom. The SMILES string of the molecule is CC(C)(C)Cc1cnc2[nH]ncc2c1. The monoisotopic (exact) mass is 189 g/mol. The molecule has 0 fully saturated rings. The van der Waals surface area contributed by atoms with Crippen molar-refractivity contribution in [3.8, 4) is 0 Å². The van der Waals surface area contributed by atoms with Crippen LogP contribution in [-0.2, 0) is 6.42 Å². The molecule has 0 aliphatic carbocycles. The third-order valence-corrected chi connectivity index (χ3v) is 2.08. The van der Waals surface area contributed by atoms with Gasteiger partial charge in [-0.1, -0.05) is 20.8 Å². The first-order valence-electron chi connectivity index (χ1n) is 4.83. The van der Waals surface area contributed by atoms with Crippen LogP contribution in [0.1, 0.15) is 26.3 Å². The second-order valence-corrected chi connectivity index (χ2v) is 4.89. The Kier molecular flexibility index (Phi) is 2.02. The van der Waals surface area contributed by atoms with E-state index < -0.39 is 0 Å². The first kappa shape index (κ1) is 9.19. The molecule has 0 spiro atoms. The number of H-pyrrole nitrogens is 1. The molecule has 0 bridgehead atoms. The molecule has 2 rings (SSSR count). The number of pyridine rings is 1. The molecule has 0 radical (unpaired) electrons. The molecule has 0 saturated carbocycles. The van der Waals surface area contributed by atoms with Crippen molar-refractivity contribution < 1.29 is 0 Å². The van der Waals surface area contributed by atoms with Crippen molar-refractivity contribution in [1.29, 1.82) is 0 Å². The van der Waals surface area contributed by atoms with Gasteiger partial charge in [0.25, 0.3) is 0 Å². The predicted molar refractivity (Wildman–Crippen MR) is 57.0 cm³/mol. The van der Waals surface area contributed by atoms with Crippen molar-refractivity contribution in [2.24, 2.45) is 5.41 Å². The van der Waals surface area contributed by atoms with Crippen molar-refractivity contribution in [2.45, 2.75) is 27.2 Å². The summed E-state index contributed by atoms with van der Waals surface area (Å²) in [6.07, 6.45) is 4.78. The van der Waals surface area contributed by atoms with Gasteiger partial charge < -0.3 is 0 Å². The standard InChI is InChI=1S/C11H15N3/c1-11(2,3)5-8-4-9-7-13-14-10(9)12-6-8/h4,6-7H,5H2,1-3H3,(H,12,13,14). The number of fused-ring (bicyclic) bond motifs is 1. The van der Waals surface area contributed by atoms with E-state index in [-0.39, 0.29) is 0 Å². The summed E-state index contributed by atoms with van der Waals surface area (Å²) in [5, 5.41) is 7.89. The van der Waals surface area contributed by atoms with Gasteiger partial charge in [0.05, 0.1) is 6.20 Å². The molecule has 1 N–H and O–H groups in total. The van der Waals surface area contributed by atoms with Gasteiger partial charge in [-0.05, 0) is 23.5 Å². The lowest BCUT2D eigenvalue weighted by atomic mass is 9.89. The molecule has 14 heavy (non-hydrogen) atoms. The van der Waals surface area contributed by atoms with E-state index in [1.807, 2.05) is 12.4 Å². The third kappa shape index (κ3) is 1.92. The summed E-state index contributed by atoms with van der Waals surface area (Å²) >= 11 is 0. The molecule has 2 heterocycles. The lowest BCUT2D eigenvalue weighted by Gasteiger charge is -2.17. The van der Waals surface area contributed by atoms with Crippen molar-refractivity contribution in [2.75, 3.05) is 0 Å². The molecule has 2 aromatic heterocycles.